The van der Waals surface area contributed by atoms with Gasteiger partial charge in [0.05, 0.1) is 34.3 Å². The molecule has 2 fully saturated rings. The topological polar surface area (TPSA) is 100 Å². The number of rotatable bonds is 4. The highest BCUT2D eigenvalue weighted by Gasteiger charge is 2.52. The van der Waals surface area contributed by atoms with Crippen LogP contribution in [-0.4, -0.2) is 9.13 Å². The lowest BCUT2D eigenvalue weighted by atomic mass is 9.63. The van der Waals surface area contributed by atoms with Crippen molar-refractivity contribution in [1.29, 1.82) is 10.5 Å². The van der Waals surface area contributed by atoms with Crippen molar-refractivity contribution < 1.29 is 0 Å². The smallest absolute Gasteiger partial charge is 0.294 e. The van der Waals surface area contributed by atoms with Crippen LogP contribution < -0.4 is 29.5 Å². The first kappa shape index (κ1) is 38.8. The maximum Gasteiger partial charge on any atom is 0.294 e. The van der Waals surface area contributed by atoms with Crippen molar-refractivity contribution in [2.75, 3.05) is 0 Å². The Morgan fingerprint density at radius 1 is 0.683 bits per heavy atom. The molecule has 4 aromatic heterocycles. The summed E-state index contributed by atoms with van der Waals surface area (Å²) in [7, 11) is 0. The van der Waals surface area contributed by atoms with Gasteiger partial charge in [0.1, 0.15) is 9.33 Å². The van der Waals surface area contributed by atoms with Gasteiger partial charge in [-0.2, -0.15) is 0 Å². The molecule has 0 bridgehead atoms. The van der Waals surface area contributed by atoms with Gasteiger partial charge in [0.15, 0.2) is 0 Å². The van der Waals surface area contributed by atoms with Gasteiger partial charge >= 0.3 is 0 Å². The van der Waals surface area contributed by atoms with Crippen LogP contribution in [0.3, 0.4) is 0 Å². The van der Waals surface area contributed by atoms with E-state index in [2.05, 4.69) is 46.1 Å². The first-order valence-corrected chi connectivity index (χ1v) is 24.1. The molecule has 10 rings (SSSR count). The van der Waals surface area contributed by atoms with E-state index in [9.17, 15) is 20.1 Å². The van der Waals surface area contributed by atoms with E-state index in [-0.39, 0.29) is 45.2 Å². The summed E-state index contributed by atoms with van der Waals surface area (Å²) >= 11 is 6.03. The van der Waals surface area contributed by atoms with Crippen LogP contribution in [0, 0.1) is 47.6 Å². The fraction of sp³-hybridized carbons (Fsp3) is 0.375. The fourth-order valence-electron chi connectivity index (χ4n) is 11.1. The van der Waals surface area contributed by atoms with Crippen molar-refractivity contribution >= 4 is 80.0 Å². The number of allylic oxidation sites excluding steroid dienone is 8. The van der Waals surface area contributed by atoms with E-state index >= 15 is 0 Å². The number of thiazole rings is 2. The SMILES string of the molecule is [C-]#[N+]/C(C#N)=c1\s/c(=C\c2cc3c(s2)C2=CC4C=C5C(=CC4C=C2C32CCCCC2)c2sc(/C=c3\s/c(=C(\C#N)[N+]#[C-])n(CC)c3=O)cc2C52CCCCC2)c(=O)n1CC. The Morgan fingerprint density at radius 3 is 1.43 bits per heavy atom. The average molecular weight is 861 g/mol. The van der Waals surface area contributed by atoms with Crippen molar-refractivity contribution in [2.24, 2.45) is 11.8 Å². The molecule has 298 valence electrons. The van der Waals surface area contributed by atoms with Gasteiger partial charge < -0.3 is 9.13 Å². The zero-order chi connectivity index (χ0) is 41.5. The van der Waals surface area contributed by atoms with E-state index in [1.54, 1.807) is 31.8 Å². The van der Waals surface area contributed by atoms with E-state index in [1.807, 2.05) is 38.1 Å². The van der Waals surface area contributed by atoms with Crippen LogP contribution in [0.15, 0.2) is 57.2 Å². The second-order valence-corrected chi connectivity index (χ2v) is 20.8. The quantitative estimate of drug-likeness (QED) is 0.194. The molecule has 6 aliphatic rings. The van der Waals surface area contributed by atoms with E-state index in [4.69, 9.17) is 13.1 Å². The first-order chi connectivity index (χ1) is 29.2. The Balaban J connectivity index is 1.09. The van der Waals surface area contributed by atoms with Gasteiger partial charge in [-0.3, -0.25) is 9.59 Å². The van der Waals surface area contributed by atoms with Gasteiger partial charge in [-0.25, -0.2) is 20.2 Å². The number of hydrogen-bond donors (Lipinski definition) is 0. The molecule has 2 unspecified atom stereocenters. The molecule has 60 heavy (non-hydrogen) atoms. The molecule has 0 radical (unpaired) electrons. The lowest BCUT2D eigenvalue weighted by molar-refractivity contribution is 0.347. The molecule has 0 aromatic carbocycles. The lowest BCUT2D eigenvalue weighted by Crippen LogP contribution is -2.32. The van der Waals surface area contributed by atoms with Crippen LogP contribution in [0.25, 0.3) is 44.4 Å². The van der Waals surface area contributed by atoms with Gasteiger partial charge in [0.25, 0.3) is 22.5 Å². The summed E-state index contributed by atoms with van der Waals surface area (Å²) in [5, 5.41) is 19.2. The predicted octanol–water partition coefficient (Wildman–Crippen LogP) is 8.07. The van der Waals surface area contributed by atoms with Crippen LogP contribution >= 0.6 is 45.3 Å². The molecule has 6 aliphatic carbocycles. The third kappa shape index (κ3) is 5.58. The largest absolute Gasteiger partial charge is 0.307 e. The zero-order valence-corrected chi connectivity index (χ0v) is 36.7. The summed E-state index contributed by atoms with van der Waals surface area (Å²) in [6, 6.07) is 8.63. The Morgan fingerprint density at radius 2 is 1.08 bits per heavy atom. The predicted molar refractivity (Wildman–Crippen MR) is 243 cm³/mol. The van der Waals surface area contributed by atoms with Gasteiger partial charge in [0, 0.05) is 55.3 Å². The molecule has 4 heterocycles. The first-order valence-electron chi connectivity index (χ1n) is 20.9. The molecular formula is C48H40N6O2S4. The van der Waals surface area contributed by atoms with Crippen LogP contribution in [0.5, 0.6) is 0 Å². The van der Waals surface area contributed by atoms with Gasteiger partial charge in [-0.1, -0.05) is 62.8 Å². The van der Waals surface area contributed by atoms with Crippen molar-refractivity contribution in [3.05, 3.63) is 140 Å². The van der Waals surface area contributed by atoms with Gasteiger partial charge in [-0.05, 0) is 97.2 Å². The molecule has 0 amide bonds. The summed E-state index contributed by atoms with van der Waals surface area (Å²) in [6.45, 7) is 19.6. The number of aromatic nitrogens is 2. The van der Waals surface area contributed by atoms with Crippen molar-refractivity contribution in [3.63, 3.8) is 0 Å². The average Bonchev–Trinajstić information content (AvgIpc) is 4.10. The van der Waals surface area contributed by atoms with Crippen molar-refractivity contribution in [3.8, 4) is 12.1 Å². The molecule has 4 aromatic rings. The zero-order valence-electron chi connectivity index (χ0n) is 33.4. The maximum atomic E-state index is 13.5. The molecule has 2 spiro atoms. The van der Waals surface area contributed by atoms with E-state index in [0.29, 0.717) is 31.5 Å². The van der Waals surface area contributed by atoms with Crippen LogP contribution in [0.4, 0.5) is 0 Å². The maximum absolute atomic E-state index is 13.5. The van der Waals surface area contributed by atoms with E-state index in [1.165, 1.54) is 104 Å². The number of fused-ring (bicyclic) bond motifs is 11. The summed E-state index contributed by atoms with van der Waals surface area (Å²) in [4.78, 5) is 38.6. The molecule has 8 nitrogen and oxygen atoms in total. The second kappa shape index (κ2) is 14.7. The lowest BCUT2D eigenvalue weighted by Gasteiger charge is -2.40. The van der Waals surface area contributed by atoms with Gasteiger partial charge in [0.2, 0.25) is 0 Å². The third-order valence-corrected chi connectivity index (χ3v) is 18.2. The van der Waals surface area contributed by atoms with E-state index in [0.717, 1.165) is 35.4 Å². The van der Waals surface area contributed by atoms with Gasteiger partial charge in [-0.15, -0.1) is 45.3 Å². The highest BCUT2D eigenvalue weighted by molar-refractivity contribution is 7.15. The summed E-state index contributed by atoms with van der Waals surface area (Å²) in [6.07, 6.45) is 25.9. The molecule has 2 saturated carbocycles. The molecule has 2 atom stereocenters. The Labute approximate surface area is 363 Å². The Hall–Kier alpha value is -5.34. The normalized spacial score (nSPS) is 23.1. The monoisotopic (exact) mass is 860 g/mol. The molecule has 0 aliphatic heterocycles. The fourth-order valence-corrected chi connectivity index (χ4v) is 16.0. The highest BCUT2D eigenvalue weighted by Crippen LogP contribution is 2.64. The number of thiophene rings is 2. The standard InChI is InChI=1S/C48H40N6O2S4/c1-5-53-43(55)39(59-45(53)37(25-49)51-3)23-29-21-35-41(57-29)31-17-27-20-34-32(18-28(27)19-33(31)47(35)13-9-7-10-14-47)42-36(48(34)15-11-8-12-16-48)22-30(58-42)24-40-44(56)54(6-2)46(60-40)38(26-50)52-4/h17-24,27-28H,5-16H2,1-2H3/b39-23-,40-24-,45-37-,46-38+. The molecule has 0 saturated heterocycles. The minimum Gasteiger partial charge on any atom is -0.307 e. The molecule has 0 N–H and O–H groups in total. The van der Waals surface area contributed by atoms with Crippen molar-refractivity contribution in [1.82, 2.24) is 9.13 Å². The molecule has 12 heteroatoms. The van der Waals surface area contributed by atoms with E-state index < -0.39 is 0 Å². The minimum absolute atomic E-state index is 0.0436. The van der Waals surface area contributed by atoms with Crippen molar-refractivity contribution in [2.45, 2.75) is 102 Å². The number of nitrogens with zero attached hydrogens (tertiary/aromatic N) is 6. The Kier molecular flexibility index (Phi) is 9.51. The second-order valence-electron chi connectivity index (χ2n) is 16.6. The van der Waals surface area contributed by atoms with Crippen LogP contribution in [0.2, 0.25) is 0 Å². The third-order valence-electron chi connectivity index (χ3n) is 13.8. The van der Waals surface area contributed by atoms with Crippen LogP contribution in [-0.2, 0) is 23.9 Å². The summed E-state index contributed by atoms with van der Waals surface area (Å²) in [5.74, 6) is 0.468. The minimum atomic E-state index is -0.150. The highest BCUT2D eigenvalue weighted by atomic mass is 32.1. The number of nitriles is 2. The summed E-state index contributed by atoms with van der Waals surface area (Å²) in [5.41, 5.74) is 7.97. The summed E-state index contributed by atoms with van der Waals surface area (Å²) < 4.78 is 5.07. The molecular weight excluding hydrogens is 821 g/mol. The van der Waals surface area contributed by atoms with Crippen LogP contribution in [0.1, 0.15) is 109 Å². The number of hydrogen-bond acceptors (Lipinski definition) is 8. The Bertz CT molecular complexity index is 3000.